The van der Waals surface area contributed by atoms with Gasteiger partial charge in [-0.3, -0.25) is 0 Å². The van der Waals surface area contributed by atoms with Crippen molar-refractivity contribution < 1.29 is 0 Å². The van der Waals surface area contributed by atoms with Crippen LogP contribution in [0.1, 0.15) is 122 Å². The van der Waals surface area contributed by atoms with Gasteiger partial charge in [-0.1, -0.05) is 178 Å². The first kappa shape index (κ1) is 45.4. The highest BCUT2D eigenvalue weighted by atomic mass is 15.3. The Balaban J connectivity index is 1.14. The van der Waals surface area contributed by atoms with Crippen LogP contribution in [-0.4, -0.2) is 6.71 Å². The molecule has 3 aliphatic heterocycles. The molecule has 354 valence electrons. The van der Waals surface area contributed by atoms with Crippen molar-refractivity contribution in [3.63, 3.8) is 0 Å². The molecule has 0 saturated carbocycles. The van der Waals surface area contributed by atoms with Gasteiger partial charge in [-0.05, 0) is 170 Å². The monoisotopic (exact) mass is 926 g/mol. The van der Waals surface area contributed by atoms with E-state index in [0.29, 0.717) is 0 Å². The minimum absolute atomic E-state index is 0.0142. The average molecular weight is 926 g/mol. The van der Waals surface area contributed by atoms with Crippen LogP contribution in [-0.2, 0) is 33.6 Å². The van der Waals surface area contributed by atoms with Gasteiger partial charge in [0, 0.05) is 50.9 Å². The van der Waals surface area contributed by atoms with Gasteiger partial charge in [-0.25, -0.2) is 0 Å². The third-order valence-electron chi connectivity index (χ3n) is 17.3. The van der Waals surface area contributed by atoms with Gasteiger partial charge in [-0.15, -0.1) is 0 Å². The van der Waals surface area contributed by atoms with Crippen molar-refractivity contribution in [2.45, 2.75) is 123 Å². The topological polar surface area (TPSA) is 9.72 Å². The fraction of sp³-hybridized carbons (Fsp3) is 0.284. The molecule has 0 saturated heterocycles. The molecule has 0 aromatic heterocycles. The van der Waals surface area contributed by atoms with Crippen molar-refractivity contribution in [1.29, 1.82) is 0 Å². The number of aryl methyl sites for hydroxylation is 2. The van der Waals surface area contributed by atoms with Gasteiger partial charge in [0.2, 0.25) is 0 Å². The zero-order valence-corrected chi connectivity index (χ0v) is 44.0. The Labute approximate surface area is 424 Å². The lowest BCUT2D eigenvalue weighted by Crippen LogP contribution is -2.61. The van der Waals surface area contributed by atoms with E-state index >= 15 is 0 Å². The lowest BCUT2D eigenvalue weighted by atomic mass is 9.33. The van der Waals surface area contributed by atoms with Crippen LogP contribution < -0.4 is 31.1 Å². The SMILES string of the molecule is Cc1cc(C(C)(C)C)ccc1N1c2ccccc2B2c3ccc(N4c5ccc(-c6ccccc6)cc5C5(C)CCc6ccccc6C45C)cc3N(c3ccc(C(C)(C)C)cc3)c3cc(C(C)(C)C)cc1c32. The van der Waals surface area contributed by atoms with Crippen LogP contribution in [0.3, 0.4) is 0 Å². The molecular weight excluding hydrogens is 858 g/mol. The summed E-state index contributed by atoms with van der Waals surface area (Å²) in [6.45, 7) is 28.4. The van der Waals surface area contributed by atoms with E-state index in [1.165, 1.54) is 112 Å². The maximum absolute atomic E-state index is 2.74. The van der Waals surface area contributed by atoms with Crippen molar-refractivity contribution in [3.8, 4) is 11.1 Å². The quantitative estimate of drug-likeness (QED) is 0.163. The van der Waals surface area contributed by atoms with Gasteiger partial charge >= 0.3 is 0 Å². The number of para-hydroxylation sites is 1. The van der Waals surface area contributed by atoms with E-state index in [1.807, 2.05) is 0 Å². The molecule has 1 aliphatic carbocycles. The van der Waals surface area contributed by atoms with Crippen LogP contribution in [0.5, 0.6) is 0 Å². The maximum Gasteiger partial charge on any atom is 0.252 e. The highest BCUT2D eigenvalue weighted by Crippen LogP contribution is 2.64. The maximum atomic E-state index is 2.74. The largest absolute Gasteiger partial charge is 0.330 e. The molecule has 8 aromatic rings. The molecule has 0 fully saturated rings. The summed E-state index contributed by atoms with van der Waals surface area (Å²) in [5.74, 6) is 0. The molecule has 0 amide bonds. The van der Waals surface area contributed by atoms with Crippen LogP contribution >= 0.6 is 0 Å². The van der Waals surface area contributed by atoms with E-state index in [9.17, 15) is 0 Å². The van der Waals surface area contributed by atoms with Crippen LogP contribution in [0.25, 0.3) is 11.1 Å². The highest BCUT2D eigenvalue weighted by molar-refractivity contribution is 7.00. The Morgan fingerprint density at radius 3 is 1.75 bits per heavy atom. The molecule has 0 spiro atoms. The molecular formula is C67H68BN3. The summed E-state index contributed by atoms with van der Waals surface area (Å²) in [5, 5.41) is 0. The number of benzene rings is 8. The zero-order valence-electron chi connectivity index (χ0n) is 44.0. The minimum Gasteiger partial charge on any atom is -0.330 e. The van der Waals surface area contributed by atoms with Gasteiger partial charge in [0.25, 0.3) is 6.71 Å². The lowest BCUT2D eigenvalue weighted by molar-refractivity contribution is 0.245. The summed E-state index contributed by atoms with van der Waals surface area (Å²) in [6.07, 6.45) is 2.13. The fourth-order valence-electron chi connectivity index (χ4n) is 13.0. The van der Waals surface area contributed by atoms with E-state index in [1.54, 1.807) is 0 Å². The predicted molar refractivity (Wildman–Crippen MR) is 305 cm³/mol. The number of anilines is 8. The lowest BCUT2D eigenvalue weighted by Gasteiger charge is -2.51. The van der Waals surface area contributed by atoms with Crippen LogP contribution in [0.15, 0.2) is 170 Å². The highest BCUT2D eigenvalue weighted by Gasteiger charge is 2.60. The molecule has 0 N–H and O–H groups in total. The van der Waals surface area contributed by atoms with E-state index in [2.05, 4.69) is 268 Å². The van der Waals surface area contributed by atoms with Crippen molar-refractivity contribution >= 4 is 68.6 Å². The zero-order chi connectivity index (χ0) is 49.6. The smallest absolute Gasteiger partial charge is 0.252 e. The summed E-state index contributed by atoms with van der Waals surface area (Å²) in [6, 6.07) is 65.9. The van der Waals surface area contributed by atoms with Gasteiger partial charge in [0.05, 0.1) is 5.54 Å². The number of fused-ring (bicyclic) bond motifs is 9. The first-order chi connectivity index (χ1) is 33.8. The molecule has 3 heterocycles. The Kier molecular flexibility index (Phi) is 9.98. The van der Waals surface area contributed by atoms with Crippen molar-refractivity contribution in [2.24, 2.45) is 0 Å². The number of hydrogen-bond acceptors (Lipinski definition) is 3. The fourth-order valence-corrected chi connectivity index (χ4v) is 13.0. The standard InChI is InChI=1S/C67H68BN3/c1-43-38-48(64(5,6)7)29-35-56(43)70-58-25-19-18-24-54(58)68-55-33-32-51(42-59(55)69(50-30-27-47(28-31-50)63(2,3)4)60-40-49(65(8,9)10)41-61(70)62(60)68)71-57-34-26-46(44-20-14-13-15-21-44)39-53(57)66(11)37-36-45-22-16-17-23-52(45)67(66,71)12/h13-35,38-42H,36-37H2,1-12H3. The molecule has 71 heavy (non-hydrogen) atoms. The van der Waals surface area contributed by atoms with Gasteiger partial charge < -0.3 is 14.7 Å². The molecule has 8 aromatic carbocycles. The second-order valence-corrected chi connectivity index (χ2v) is 24.6. The molecule has 12 rings (SSSR count). The third kappa shape index (κ3) is 6.76. The predicted octanol–water partition coefficient (Wildman–Crippen LogP) is 15.9. The molecule has 3 nitrogen and oxygen atoms in total. The van der Waals surface area contributed by atoms with Crippen LogP contribution in [0, 0.1) is 6.92 Å². The van der Waals surface area contributed by atoms with E-state index in [4.69, 9.17) is 0 Å². The van der Waals surface area contributed by atoms with Crippen molar-refractivity contribution in [1.82, 2.24) is 0 Å². The Bertz CT molecular complexity index is 3440. The van der Waals surface area contributed by atoms with Crippen molar-refractivity contribution in [3.05, 3.63) is 209 Å². The first-order valence-electron chi connectivity index (χ1n) is 26.1. The minimum atomic E-state index is -0.357. The summed E-state index contributed by atoms with van der Waals surface area (Å²) in [4.78, 5) is 7.96. The van der Waals surface area contributed by atoms with Crippen LogP contribution in [0.2, 0.25) is 0 Å². The molecule has 2 atom stereocenters. The van der Waals surface area contributed by atoms with E-state index in [0.717, 1.165) is 12.8 Å². The number of hydrogen-bond donors (Lipinski definition) is 0. The third-order valence-corrected chi connectivity index (χ3v) is 17.3. The number of nitrogens with zero attached hydrogens (tertiary/aromatic N) is 3. The molecule has 4 heteroatoms. The molecule has 2 unspecified atom stereocenters. The summed E-state index contributed by atoms with van der Waals surface area (Å²) in [5.41, 5.74) is 25.5. The molecule has 0 radical (unpaired) electrons. The van der Waals surface area contributed by atoms with Gasteiger partial charge in [0.1, 0.15) is 0 Å². The average Bonchev–Trinajstić information content (AvgIpc) is 3.56. The Morgan fingerprint density at radius 2 is 1.04 bits per heavy atom. The molecule has 0 bridgehead atoms. The van der Waals surface area contributed by atoms with E-state index < -0.39 is 0 Å². The Morgan fingerprint density at radius 1 is 0.437 bits per heavy atom. The Hall–Kier alpha value is -6.78. The van der Waals surface area contributed by atoms with Crippen molar-refractivity contribution in [2.75, 3.05) is 14.7 Å². The number of rotatable bonds is 4. The second-order valence-electron chi connectivity index (χ2n) is 24.6. The van der Waals surface area contributed by atoms with Gasteiger partial charge in [0.15, 0.2) is 0 Å². The summed E-state index contributed by atoms with van der Waals surface area (Å²) >= 11 is 0. The molecule has 4 aliphatic rings. The summed E-state index contributed by atoms with van der Waals surface area (Å²) < 4.78 is 0. The van der Waals surface area contributed by atoms with Crippen LogP contribution in [0.4, 0.5) is 45.5 Å². The first-order valence-corrected chi connectivity index (χ1v) is 26.1. The van der Waals surface area contributed by atoms with E-state index in [-0.39, 0.29) is 33.9 Å². The van der Waals surface area contributed by atoms with Gasteiger partial charge in [-0.2, -0.15) is 0 Å². The normalized spacial score (nSPS) is 18.9. The second kappa shape index (κ2) is 15.6. The summed E-state index contributed by atoms with van der Waals surface area (Å²) in [7, 11) is 0.